The molecule has 1 aliphatic heterocycles. The number of rotatable bonds is 2. The minimum absolute atomic E-state index is 0.281. The molecule has 0 N–H and O–H groups in total. The lowest BCUT2D eigenvalue weighted by Gasteiger charge is -1.91. The van der Waals surface area contributed by atoms with E-state index in [4.69, 9.17) is 11.6 Å². The molecule has 0 spiro atoms. The predicted molar refractivity (Wildman–Crippen MR) is 70.7 cm³/mol. The number of benzene rings is 1. The van der Waals surface area contributed by atoms with Gasteiger partial charge in [-0.2, -0.15) is 0 Å². The molecule has 4 heteroatoms. The number of ether oxygens (including phenoxy) is 1. The Kier molecular flexibility index (Phi) is 5.61. The highest BCUT2D eigenvalue weighted by atomic mass is 35.5. The fraction of sp³-hybridized carbons (Fsp3) is 0. The van der Waals surface area contributed by atoms with Gasteiger partial charge in [-0.3, -0.25) is 0 Å². The first-order chi connectivity index (χ1) is 8.67. The molecule has 0 radical (unpaired) electrons. The van der Waals surface area contributed by atoms with E-state index < -0.39 is 11.9 Å². The highest BCUT2D eigenvalue weighted by Crippen LogP contribution is 2.11. The first-order valence-corrected chi connectivity index (χ1v) is 5.53. The number of cyclic esters (lactones) is 2. The quantitative estimate of drug-likeness (QED) is 0.608. The molecular formula is C14H11ClO3. The third-order valence-electron chi connectivity index (χ3n) is 1.96. The average molecular weight is 263 g/mol. The van der Waals surface area contributed by atoms with E-state index in [0.717, 1.165) is 5.56 Å². The maximum Gasteiger partial charge on any atom is 0.346 e. The Morgan fingerprint density at radius 1 is 1.11 bits per heavy atom. The van der Waals surface area contributed by atoms with Gasteiger partial charge in [0.05, 0.1) is 5.57 Å². The highest BCUT2D eigenvalue weighted by molar-refractivity contribution is 6.25. The van der Waals surface area contributed by atoms with E-state index in [-0.39, 0.29) is 5.57 Å². The SMILES string of the molecule is C=CCl.O=C1C=C(C=Cc2ccccc2)C(=O)O1. The van der Waals surface area contributed by atoms with Crippen molar-refractivity contribution in [3.05, 3.63) is 65.7 Å². The third kappa shape index (κ3) is 4.39. The molecule has 92 valence electrons. The van der Waals surface area contributed by atoms with E-state index in [0.29, 0.717) is 0 Å². The summed E-state index contributed by atoms with van der Waals surface area (Å²) in [4.78, 5) is 21.8. The summed E-state index contributed by atoms with van der Waals surface area (Å²) in [5.74, 6) is -1.19. The van der Waals surface area contributed by atoms with Gasteiger partial charge in [0.25, 0.3) is 0 Å². The minimum Gasteiger partial charge on any atom is -0.386 e. The summed E-state index contributed by atoms with van der Waals surface area (Å²) in [5, 5.41) is 0. The fourth-order valence-corrected chi connectivity index (χ4v) is 1.23. The average Bonchev–Trinajstić information content (AvgIpc) is 2.68. The second kappa shape index (κ2) is 7.25. The Labute approximate surface area is 110 Å². The zero-order valence-corrected chi connectivity index (χ0v) is 10.3. The van der Waals surface area contributed by atoms with Gasteiger partial charge in [-0.1, -0.05) is 54.6 Å². The van der Waals surface area contributed by atoms with Gasteiger partial charge in [0.2, 0.25) is 0 Å². The van der Waals surface area contributed by atoms with Gasteiger partial charge in [0.15, 0.2) is 0 Å². The van der Waals surface area contributed by atoms with Crippen LogP contribution in [0.15, 0.2) is 60.2 Å². The van der Waals surface area contributed by atoms with Crippen LogP contribution >= 0.6 is 11.6 Å². The molecule has 1 heterocycles. The lowest BCUT2D eigenvalue weighted by molar-refractivity contribution is -0.150. The summed E-state index contributed by atoms with van der Waals surface area (Å²) < 4.78 is 4.34. The smallest absolute Gasteiger partial charge is 0.346 e. The van der Waals surface area contributed by atoms with Crippen molar-refractivity contribution in [3.63, 3.8) is 0 Å². The van der Waals surface area contributed by atoms with Crippen LogP contribution in [-0.2, 0) is 14.3 Å². The van der Waals surface area contributed by atoms with E-state index >= 15 is 0 Å². The van der Waals surface area contributed by atoms with Gasteiger partial charge in [0.1, 0.15) is 0 Å². The first-order valence-electron chi connectivity index (χ1n) is 5.09. The Morgan fingerprint density at radius 2 is 1.72 bits per heavy atom. The maximum absolute atomic E-state index is 11.0. The van der Waals surface area contributed by atoms with E-state index in [2.05, 4.69) is 11.3 Å². The molecule has 2 rings (SSSR count). The molecule has 0 unspecified atom stereocenters. The van der Waals surface area contributed by atoms with Crippen LogP contribution < -0.4 is 0 Å². The summed E-state index contributed by atoms with van der Waals surface area (Å²) >= 11 is 4.76. The van der Waals surface area contributed by atoms with E-state index in [1.807, 2.05) is 30.3 Å². The summed E-state index contributed by atoms with van der Waals surface area (Å²) in [7, 11) is 0. The van der Waals surface area contributed by atoms with Gasteiger partial charge < -0.3 is 4.74 Å². The van der Waals surface area contributed by atoms with Crippen LogP contribution in [-0.4, -0.2) is 11.9 Å². The number of hydrogen-bond acceptors (Lipinski definition) is 3. The number of carbonyl (C=O) groups excluding carboxylic acids is 2. The lowest BCUT2D eigenvalue weighted by Crippen LogP contribution is -2.00. The molecular weight excluding hydrogens is 252 g/mol. The Balaban J connectivity index is 0.000000492. The molecule has 0 atom stereocenters. The van der Waals surface area contributed by atoms with Gasteiger partial charge in [-0.05, 0) is 17.2 Å². The van der Waals surface area contributed by atoms with Gasteiger partial charge in [-0.25, -0.2) is 9.59 Å². The molecule has 0 saturated carbocycles. The zero-order valence-electron chi connectivity index (χ0n) is 9.51. The summed E-state index contributed by atoms with van der Waals surface area (Å²) in [6.45, 7) is 3.13. The molecule has 0 fully saturated rings. The minimum atomic E-state index is -0.604. The van der Waals surface area contributed by atoms with Crippen LogP contribution in [0.3, 0.4) is 0 Å². The normalized spacial score (nSPS) is 13.7. The van der Waals surface area contributed by atoms with E-state index in [1.54, 1.807) is 12.2 Å². The zero-order chi connectivity index (χ0) is 13.4. The monoisotopic (exact) mass is 262 g/mol. The van der Waals surface area contributed by atoms with Gasteiger partial charge >= 0.3 is 11.9 Å². The largest absolute Gasteiger partial charge is 0.386 e. The highest BCUT2D eigenvalue weighted by Gasteiger charge is 2.20. The summed E-state index contributed by atoms with van der Waals surface area (Å²) in [6.07, 6.45) is 4.51. The molecule has 0 aromatic heterocycles. The lowest BCUT2D eigenvalue weighted by atomic mass is 10.1. The number of halogens is 1. The molecule has 0 amide bonds. The number of hydrogen-bond donors (Lipinski definition) is 0. The molecule has 0 saturated heterocycles. The van der Waals surface area contributed by atoms with Crippen molar-refractivity contribution in [2.45, 2.75) is 0 Å². The molecule has 18 heavy (non-hydrogen) atoms. The Hall–Kier alpha value is -2.13. The molecule has 1 aromatic rings. The molecule has 0 aliphatic carbocycles. The van der Waals surface area contributed by atoms with Crippen molar-refractivity contribution in [3.8, 4) is 0 Å². The second-order valence-electron chi connectivity index (χ2n) is 3.21. The summed E-state index contributed by atoms with van der Waals surface area (Å²) in [5.41, 5.74) is 2.47. The van der Waals surface area contributed by atoms with Crippen molar-refractivity contribution < 1.29 is 14.3 Å². The van der Waals surface area contributed by atoms with Crippen LogP contribution in [0.5, 0.6) is 0 Å². The molecule has 1 aliphatic rings. The van der Waals surface area contributed by atoms with Crippen LogP contribution in [0, 0.1) is 0 Å². The van der Waals surface area contributed by atoms with Crippen LogP contribution in [0.1, 0.15) is 5.56 Å². The van der Waals surface area contributed by atoms with Crippen molar-refractivity contribution in [1.82, 2.24) is 0 Å². The molecule has 3 nitrogen and oxygen atoms in total. The van der Waals surface area contributed by atoms with Crippen molar-refractivity contribution in [2.24, 2.45) is 0 Å². The Morgan fingerprint density at radius 3 is 2.22 bits per heavy atom. The van der Waals surface area contributed by atoms with Crippen LogP contribution in [0.4, 0.5) is 0 Å². The topological polar surface area (TPSA) is 43.4 Å². The third-order valence-corrected chi connectivity index (χ3v) is 1.96. The van der Waals surface area contributed by atoms with E-state index in [1.165, 1.54) is 11.6 Å². The number of carbonyl (C=O) groups is 2. The van der Waals surface area contributed by atoms with Crippen molar-refractivity contribution in [1.29, 1.82) is 0 Å². The first kappa shape index (κ1) is 13.9. The predicted octanol–water partition coefficient (Wildman–Crippen LogP) is 3.08. The standard InChI is InChI=1S/C12H8O3.C2H3Cl/c13-11-8-10(12(14)15-11)7-6-9-4-2-1-3-5-9;1-2-3/h1-8H;2H,1H2. The number of esters is 2. The Bertz CT molecular complexity index is 501. The summed E-state index contributed by atoms with van der Waals surface area (Å²) in [6, 6.07) is 9.50. The van der Waals surface area contributed by atoms with Gasteiger partial charge in [0, 0.05) is 6.08 Å². The van der Waals surface area contributed by atoms with E-state index in [9.17, 15) is 9.59 Å². The van der Waals surface area contributed by atoms with Crippen LogP contribution in [0.25, 0.3) is 6.08 Å². The second-order valence-corrected chi connectivity index (χ2v) is 3.52. The molecule has 0 bridgehead atoms. The van der Waals surface area contributed by atoms with Crippen molar-refractivity contribution >= 4 is 29.6 Å². The van der Waals surface area contributed by atoms with Crippen molar-refractivity contribution in [2.75, 3.05) is 0 Å². The maximum atomic E-state index is 11.0. The fourth-order valence-electron chi connectivity index (χ4n) is 1.23. The van der Waals surface area contributed by atoms with Gasteiger partial charge in [-0.15, -0.1) is 0 Å². The van der Waals surface area contributed by atoms with Crippen LogP contribution in [0.2, 0.25) is 0 Å². The molecule has 1 aromatic carbocycles.